The first-order chi connectivity index (χ1) is 5.52. The van der Waals surface area contributed by atoms with Crippen molar-refractivity contribution in [3.8, 4) is 0 Å². The van der Waals surface area contributed by atoms with Gasteiger partial charge in [-0.15, -0.1) is 0 Å². The molecule has 0 bridgehead atoms. The van der Waals surface area contributed by atoms with Crippen molar-refractivity contribution < 1.29 is 0 Å². The molecule has 3 nitrogen and oxygen atoms in total. The van der Waals surface area contributed by atoms with Crippen LogP contribution in [0.4, 0.5) is 0 Å². The highest BCUT2D eigenvalue weighted by Gasteiger charge is 1.92. The van der Waals surface area contributed by atoms with E-state index in [4.69, 9.17) is 0 Å². The summed E-state index contributed by atoms with van der Waals surface area (Å²) < 4.78 is 0. The van der Waals surface area contributed by atoms with Gasteiger partial charge in [-0.3, -0.25) is 4.99 Å². The Labute approximate surface area is 74.9 Å². The molecule has 12 heavy (non-hydrogen) atoms. The second-order valence-electron chi connectivity index (χ2n) is 3.29. The van der Waals surface area contributed by atoms with Gasteiger partial charge in [-0.25, -0.2) is 5.43 Å². The number of aliphatic imine (C=N–C) groups is 1. The van der Waals surface area contributed by atoms with E-state index >= 15 is 0 Å². The van der Waals surface area contributed by atoms with E-state index in [0.717, 1.165) is 11.4 Å². The van der Waals surface area contributed by atoms with Crippen LogP contribution in [-0.2, 0) is 0 Å². The topological polar surface area (TPSA) is 36.4 Å². The van der Waals surface area contributed by atoms with Crippen LogP contribution < -0.4 is 10.9 Å². The van der Waals surface area contributed by atoms with Crippen molar-refractivity contribution >= 4 is 5.71 Å². The van der Waals surface area contributed by atoms with Crippen LogP contribution in [-0.4, -0.2) is 18.3 Å². The third-order valence-electron chi connectivity index (χ3n) is 1.12. The van der Waals surface area contributed by atoms with Gasteiger partial charge in [0.05, 0.1) is 6.54 Å². The summed E-state index contributed by atoms with van der Waals surface area (Å²) in [6, 6.07) is 0.411. The normalized spacial score (nSPS) is 9.75. The Bertz CT molecular complexity index is 167. The van der Waals surface area contributed by atoms with Crippen molar-refractivity contribution in [1.82, 2.24) is 10.9 Å². The number of hydrogen-bond acceptors (Lipinski definition) is 3. The van der Waals surface area contributed by atoms with Crippen molar-refractivity contribution in [1.29, 1.82) is 0 Å². The van der Waals surface area contributed by atoms with Crippen LogP contribution in [0.25, 0.3) is 0 Å². The fraction of sp³-hybridized carbons (Fsp3) is 0.667. The highest BCUT2D eigenvalue weighted by Crippen LogP contribution is 1.85. The number of hydrogen-bond donors (Lipinski definition) is 2. The Morgan fingerprint density at radius 1 is 1.42 bits per heavy atom. The number of nitrogens with zero attached hydrogens (tertiary/aromatic N) is 1. The first-order valence-corrected chi connectivity index (χ1v) is 4.19. The quantitative estimate of drug-likeness (QED) is 0.483. The highest BCUT2D eigenvalue weighted by atomic mass is 15.4. The Kier molecular flexibility index (Phi) is 5.37. The highest BCUT2D eigenvalue weighted by molar-refractivity contribution is 5.79. The van der Waals surface area contributed by atoms with Gasteiger partial charge in [0.15, 0.2) is 0 Å². The summed E-state index contributed by atoms with van der Waals surface area (Å²) in [7, 11) is 0. The van der Waals surface area contributed by atoms with Gasteiger partial charge in [0.1, 0.15) is 0 Å². The maximum absolute atomic E-state index is 4.22. The zero-order valence-electron chi connectivity index (χ0n) is 8.44. The van der Waals surface area contributed by atoms with Crippen molar-refractivity contribution in [3.05, 3.63) is 12.3 Å². The van der Waals surface area contributed by atoms with E-state index in [9.17, 15) is 0 Å². The van der Waals surface area contributed by atoms with E-state index < -0.39 is 0 Å². The van der Waals surface area contributed by atoms with Crippen LogP contribution in [0.2, 0.25) is 0 Å². The molecule has 0 fully saturated rings. The van der Waals surface area contributed by atoms with E-state index in [0.29, 0.717) is 12.6 Å². The average molecular weight is 169 g/mol. The van der Waals surface area contributed by atoms with E-state index in [1.807, 2.05) is 13.8 Å². The SMILES string of the molecule is C=C(CN=C(C)C)NNC(C)C. The molecule has 0 radical (unpaired) electrons. The molecule has 0 saturated carbocycles. The predicted octanol–water partition coefficient (Wildman–Crippen LogP) is 1.48. The molecular weight excluding hydrogens is 150 g/mol. The summed E-state index contributed by atoms with van der Waals surface area (Å²) in [5, 5.41) is 0. The van der Waals surface area contributed by atoms with E-state index in [1.165, 1.54) is 0 Å². The molecule has 0 unspecified atom stereocenters. The number of nitrogens with one attached hydrogen (secondary N) is 2. The molecule has 0 aromatic heterocycles. The molecular formula is C9H19N3. The summed E-state index contributed by atoms with van der Waals surface area (Å²) in [6.45, 7) is 12.5. The molecule has 2 N–H and O–H groups in total. The maximum Gasteiger partial charge on any atom is 0.0793 e. The summed E-state index contributed by atoms with van der Waals surface area (Å²) in [6.07, 6.45) is 0. The lowest BCUT2D eigenvalue weighted by atomic mass is 10.4. The lowest BCUT2D eigenvalue weighted by molar-refractivity contribution is 0.518. The Morgan fingerprint density at radius 3 is 2.42 bits per heavy atom. The first kappa shape index (κ1) is 11.2. The van der Waals surface area contributed by atoms with Crippen LogP contribution in [0.1, 0.15) is 27.7 Å². The fourth-order valence-electron chi connectivity index (χ4n) is 0.539. The second kappa shape index (κ2) is 5.77. The van der Waals surface area contributed by atoms with Gasteiger partial charge in [-0.1, -0.05) is 6.58 Å². The largest absolute Gasteiger partial charge is 0.324 e. The minimum absolute atomic E-state index is 0.411. The second-order valence-corrected chi connectivity index (χ2v) is 3.29. The minimum atomic E-state index is 0.411. The van der Waals surface area contributed by atoms with Gasteiger partial charge in [0.2, 0.25) is 0 Å². The van der Waals surface area contributed by atoms with Gasteiger partial charge < -0.3 is 5.43 Å². The lowest BCUT2D eigenvalue weighted by Crippen LogP contribution is -2.37. The smallest absolute Gasteiger partial charge is 0.0793 e. The number of rotatable bonds is 5. The van der Waals surface area contributed by atoms with Gasteiger partial charge in [0.25, 0.3) is 0 Å². The zero-order chi connectivity index (χ0) is 9.56. The summed E-state index contributed by atoms with van der Waals surface area (Å²) >= 11 is 0. The van der Waals surface area contributed by atoms with Gasteiger partial charge >= 0.3 is 0 Å². The molecule has 0 atom stereocenters. The Morgan fingerprint density at radius 2 is 2.00 bits per heavy atom. The fourth-order valence-corrected chi connectivity index (χ4v) is 0.539. The molecule has 0 amide bonds. The molecule has 0 aliphatic carbocycles. The molecule has 3 heteroatoms. The molecule has 0 aromatic rings. The van der Waals surface area contributed by atoms with Crippen LogP contribution in [0.5, 0.6) is 0 Å². The van der Waals surface area contributed by atoms with Crippen molar-refractivity contribution in [2.75, 3.05) is 6.54 Å². The van der Waals surface area contributed by atoms with Gasteiger partial charge in [0, 0.05) is 17.5 Å². The van der Waals surface area contributed by atoms with Crippen LogP contribution >= 0.6 is 0 Å². The van der Waals surface area contributed by atoms with Crippen LogP contribution in [0.15, 0.2) is 17.3 Å². The summed E-state index contributed by atoms with van der Waals surface area (Å²) in [5.41, 5.74) is 8.00. The lowest BCUT2D eigenvalue weighted by Gasteiger charge is -2.11. The van der Waals surface area contributed by atoms with E-state index in [1.54, 1.807) is 0 Å². The van der Waals surface area contributed by atoms with Crippen molar-refractivity contribution in [2.45, 2.75) is 33.7 Å². The third kappa shape index (κ3) is 7.28. The third-order valence-corrected chi connectivity index (χ3v) is 1.12. The minimum Gasteiger partial charge on any atom is -0.324 e. The molecule has 0 saturated heterocycles. The predicted molar refractivity (Wildman–Crippen MR) is 54.2 cm³/mol. The molecule has 0 aromatic carbocycles. The van der Waals surface area contributed by atoms with Gasteiger partial charge in [-0.05, 0) is 27.7 Å². The van der Waals surface area contributed by atoms with E-state index in [-0.39, 0.29) is 0 Å². The molecule has 70 valence electrons. The standard InChI is InChI=1S/C9H19N3/c1-7(2)10-6-9(5)12-11-8(3)4/h8,11-12H,5-6H2,1-4H3. The molecule has 0 spiro atoms. The van der Waals surface area contributed by atoms with Crippen molar-refractivity contribution in [2.24, 2.45) is 4.99 Å². The van der Waals surface area contributed by atoms with Crippen LogP contribution in [0.3, 0.4) is 0 Å². The molecule has 0 aliphatic rings. The monoisotopic (exact) mass is 169 g/mol. The first-order valence-electron chi connectivity index (χ1n) is 4.19. The van der Waals surface area contributed by atoms with Crippen molar-refractivity contribution in [3.63, 3.8) is 0 Å². The average Bonchev–Trinajstić information content (AvgIpc) is 1.96. The van der Waals surface area contributed by atoms with Gasteiger partial charge in [-0.2, -0.15) is 0 Å². The van der Waals surface area contributed by atoms with Crippen LogP contribution in [0, 0.1) is 0 Å². The van der Waals surface area contributed by atoms with E-state index in [2.05, 4.69) is 36.3 Å². The summed E-state index contributed by atoms with van der Waals surface area (Å²) in [4.78, 5) is 4.22. The molecule has 0 aliphatic heterocycles. The zero-order valence-corrected chi connectivity index (χ0v) is 8.44. The Hall–Kier alpha value is -0.830. The number of hydrazine groups is 1. The maximum atomic E-state index is 4.22. The molecule has 0 heterocycles. The Balaban J connectivity index is 3.54. The molecule has 0 rings (SSSR count). The summed E-state index contributed by atoms with van der Waals surface area (Å²) in [5.74, 6) is 0.